The van der Waals surface area contributed by atoms with E-state index in [4.69, 9.17) is 5.73 Å². The molecule has 1 aliphatic carbocycles. The number of amides is 1. The predicted molar refractivity (Wildman–Crippen MR) is 66.9 cm³/mol. The lowest BCUT2D eigenvalue weighted by molar-refractivity contribution is 0.100. The van der Waals surface area contributed by atoms with E-state index in [1.807, 2.05) is 36.4 Å². The highest BCUT2D eigenvalue weighted by molar-refractivity contribution is 6.12. The molecule has 0 saturated heterocycles. The average molecular weight is 222 g/mol. The van der Waals surface area contributed by atoms with Crippen molar-refractivity contribution in [3.8, 4) is 11.3 Å². The highest BCUT2D eigenvalue weighted by Gasteiger charge is 2.15. The molecule has 1 aromatic rings. The molecule has 0 bridgehead atoms. The molecule has 2 N–H and O–H groups in total. The highest BCUT2D eigenvalue weighted by Crippen LogP contribution is 2.32. The van der Waals surface area contributed by atoms with Crippen LogP contribution in [0.1, 0.15) is 10.4 Å². The number of rotatable bonds is 1. The van der Waals surface area contributed by atoms with E-state index in [-0.39, 0.29) is 0 Å². The van der Waals surface area contributed by atoms with Crippen LogP contribution in [-0.2, 0) is 0 Å². The minimum absolute atomic E-state index is 0.420. The summed E-state index contributed by atoms with van der Waals surface area (Å²) in [6, 6.07) is 15.1. The van der Waals surface area contributed by atoms with Crippen LogP contribution >= 0.6 is 0 Å². The van der Waals surface area contributed by atoms with Crippen LogP contribution in [0.3, 0.4) is 0 Å². The highest BCUT2D eigenvalue weighted by atomic mass is 16.1. The summed E-state index contributed by atoms with van der Waals surface area (Å²) in [5.74, 6) is -0.420. The van der Waals surface area contributed by atoms with E-state index in [9.17, 15) is 4.79 Å². The van der Waals surface area contributed by atoms with Gasteiger partial charge >= 0.3 is 0 Å². The molecule has 0 radical (unpaired) electrons. The van der Waals surface area contributed by atoms with E-state index in [0.717, 1.165) is 22.2 Å². The SMILES string of the molecule is NC(=O)c1cccc2nc3cccccc-3c12. The third-order valence-electron chi connectivity index (χ3n) is 2.83. The van der Waals surface area contributed by atoms with E-state index < -0.39 is 5.91 Å². The number of carbonyl (C=O) groups excluding carboxylic acids is 1. The summed E-state index contributed by atoms with van der Waals surface area (Å²) in [5.41, 5.74) is 8.56. The molecule has 1 amide bonds. The zero-order chi connectivity index (χ0) is 11.8. The second kappa shape index (κ2) is 3.56. The maximum absolute atomic E-state index is 11.4. The van der Waals surface area contributed by atoms with E-state index in [0.29, 0.717) is 5.56 Å². The first kappa shape index (κ1) is 9.78. The lowest BCUT2D eigenvalue weighted by Gasteiger charge is -1.98. The predicted octanol–water partition coefficient (Wildman–Crippen LogP) is 2.44. The van der Waals surface area contributed by atoms with E-state index in [1.165, 1.54) is 0 Å². The second-order valence-corrected chi connectivity index (χ2v) is 3.89. The Labute approximate surface area is 98.2 Å². The molecule has 3 rings (SSSR count). The van der Waals surface area contributed by atoms with Crippen molar-refractivity contribution in [1.29, 1.82) is 0 Å². The van der Waals surface area contributed by atoms with Crippen LogP contribution in [0.25, 0.3) is 22.2 Å². The van der Waals surface area contributed by atoms with Gasteiger partial charge in [-0.05, 0) is 18.2 Å². The Bertz CT molecular complexity index is 691. The molecule has 0 saturated carbocycles. The summed E-state index contributed by atoms with van der Waals surface area (Å²) >= 11 is 0. The number of benzene rings is 1. The third-order valence-corrected chi connectivity index (χ3v) is 2.83. The Morgan fingerprint density at radius 1 is 1.00 bits per heavy atom. The molecule has 82 valence electrons. The molecule has 3 heteroatoms. The van der Waals surface area contributed by atoms with Crippen LogP contribution in [0, 0.1) is 0 Å². The maximum atomic E-state index is 11.4. The molecular formula is C14H10N2O. The van der Waals surface area contributed by atoms with Gasteiger partial charge in [0.2, 0.25) is 5.91 Å². The molecule has 2 aliphatic rings. The van der Waals surface area contributed by atoms with Gasteiger partial charge in [0.25, 0.3) is 0 Å². The molecule has 1 aliphatic heterocycles. The van der Waals surface area contributed by atoms with Crippen molar-refractivity contribution in [3.05, 3.63) is 54.1 Å². The fourth-order valence-electron chi connectivity index (χ4n) is 2.10. The van der Waals surface area contributed by atoms with E-state index in [2.05, 4.69) is 4.98 Å². The number of nitrogens with zero attached hydrogens (tertiary/aromatic N) is 1. The number of aromatic nitrogens is 1. The molecule has 17 heavy (non-hydrogen) atoms. The Kier molecular flexibility index (Phi) is 2.05. The summed E-state index contributed by atoms with van der Waals surface area (Å²) < 4.78 is 0. The van der Waals surface area contributed by atoms with Gasteiger partial charge in [0.1, 0.15) is 0 Å². The van der Waals surface area contributed by atoms with Crippen molar-refractivity contribution in [2.75, 3.05) is 0 Å². The quantitative estimate of drug-likeness (QED) is 0.687. The molecule has 0 aromatic heterocycles. The van der Waals surface area contributed by atoms with Gasteiger partial charge in [-0.25, -0.2) is 4.98 Å². The molecule has 0 unspecified atom stereocenters. The van der Waals surface area contributed by atoms with Crippen molar-refractivity contribution in [3.63, 3.8) is 0 Å². The number of nitrogens with two attached hydrogens (primary N) is 1. The Morgan fingerprint density at radius 2 is 1.82 bits per heavy atom. The smallest absolute Gasteiger partial charge is 0.249 e. The monoisotopic (exact) mass is 222 g/mol. The van der Waals surface area contributed by atoms with E-state index in [1.54, 1.807) is 12.1 Å². The molecule has 0 atom stereocenters. The first-order chi connectivity index (χ1) is 8.27. The van der Waals surface area contributed by atoms with Crippen molar-refractivity contribution in [1.82, 2.24) is 4.98 Å². The van der Waals surface area contributed by atoms with Crippen LogP contribution in [0.2, 0.25) is 0 Å². The van der Waals surface area contributed by atoms with Gasteiger partial charge in [0.15, 0.2) is 0 Å². The molecule has 0 fully saturated rings. The van der Waals surface area contributed by atoms with Gasteiger partial charge in [0.05, 0.1) is 11.2 Å². The second-order valence-electron chi connectivity index (χ2n) is 3.89. The molecular weight excluding hydrogens is 212 g/mol. The summed E-state index contributed by atoms with van der Waals surface area (Å²) in [6.07, 6.45) is 0. The van der Waals surface area contributed by atoms with Gasteiger partial charge in [-0.1, -0.05) is 30.3 Å². The normalized spacial score (nSPS) is 10.8. The third kappa shape index (κ3) is 1.44. The number of carbonyl (C=O) groups is 1. The topological polar surface area (TPSA) is 56.0 Å². The van der Waals surface area contributed by atoms with Gasteiger partial charge in [0, 0.05) is 16.5 Å². The fourth-order valence-corrected chi connectivity index (χ4v) is 2.10. The van der Waals surface area contributed by atoms with Gasteiger partial charge in [-0.2, -0.15) is 0 Å². The zero-order valence-corrected chi connectivity index (χ0v) is 9.05. The van der Waals surface area contributed by atoms with Crippen LogP contribution in [-0.4, -0.2) is 10.9 Å². The van der Waals surface area contributed by atoms with Crippen molar-refractivity contribution < 1.29 is 4.79 Å². The first-order valence-electron chi connectivity index (χ1n) is 5.34. The number of primary amides is 1. The van der Waals surface area contributed by atoms with Gasteiger partial charge < -0.3 is 5.73 Å². The zero-order valence-electron chi connectivity index (χ0n) is 9.05. The Balaban J connectivity index is 2.50. The van der Waals surface area contributed by atoms with Crippen molar-refractivity contribution in [2.24, 2.45) is 5.73 Å². The molecule has 0 spiro atoms. The largest absolute Gasteiger partial charge is 0.366 e. The standard InChI is InChI=1S/C14H10N2O/c15-14(17)10-6-4-8-12-13(10)9-5-2-1-3-7-11(9)16-12/h1-8H,(H2,15,17). The van der Waals surface area contributed by atoms with Crippen LogP contribution in [0.4, 0.5) is 0 Å². The Hall–Kier alpha value is -2.42. The lowest BCUT2D eigenvalue weighted by atomic mass is 10.0. The molecule has 3 nitrogen and oxygen atoms in total. The van der Waals surface area contributed by atoms with Crippen LogP contribution in [0.15, 0.2) is 48.5 Å². The minimum Gasteiger partial charge on any atom is -0.366 e. The van der Waals surface area contributed by atoms with E-state index >= 15 is 0 Å². The number of hydrogen-bond donors (Lipinski definition) is 1. The average Bonchev–Trinajstić information content (AvgIpc) is 2.52. The summed E-state index contributed by atoms with van der Waals surface area (Å²) in [7, 11) is 0. The Morgan fingerprint density at radius 3 is 2.65 bits per heavy atom. The van der Waals surface area contributed by atoms with Crippen LogP contribution < -0.4 is 5.73 Å². The van der Waals surface area contributed by atoms with Crippen molar-refractivity contribution in [2.45, 2.75) is 0 Å². The number of fused-ring (bicyclic) bond motifs is 3. The summed E-state index contributed by atoms with van der Waals surface area (Å²) in [6.45, 7) is 0. The summed E-state index contributed by atoms with van der Waals surface area (Å²) in [4.78, 5) is 15.9. The fraction of sp³-hybridized carbons (Fsp3) is 0. The van der Waals surface area contributed by atoms with Crippen molar-refractivity contribution >= 4 is 16.8 Å². The number of hydrogen-bond acceptors (Lipinski definition) is 2. The molecule has 1 heterocycles. The minimum atomic E-state index is -0.420. The summed E-state index contributed by atoms with van der Waals surface area (Å²) in [5, 5.41) is 0.839. The molecule has 1 aromatic carbocycles. The first-order valence-corrected chi connectivity index (χ1v) is 5.34. The maximum Gasteiger partial charge on any atom is 0.249 e. The lowest BCUT2D eigenvalue weighted by Crippen LogP contribution is -2.11. The van der Waals surface area contributed by atoms with Crippen LogP contribution in [0.5, 0.6) is 0 Å². The van der Waals surface area contributed by atoms with Gasteiger partial charge in [-0.15, -0.1) is 0 Å². The van der Waals surface area contributed by atoms with Gasteiger partial charge in [-0.3, -0.25) is 4.79 Å².